The number of hydrogen-bond acceptors (Lipinski definition) is 3. The number of carbonyl (C=O) groups is 1. The highest BCUT2D eigenvalue weighted by molar-refractivity contribution is 7.92. The Bertz CT molecular complexity index is 1130. The SMILES string of the molecule is CCN(Cc1ccccc1)C(=O)c1ccc(NS(=O)(=O)c2ccc(F)c(F)c2)cc1. The lowest BCUT2D eigenvalue weighted by Gasteiger charge is -2.21. The van der Waals surface area contributed by atoms with Gasteiger partial charge in [-0.05, 0) is 55.0 Å². The van der Waals surface area contributed by atoms with Gasteiger partial charge in [0, 0.05) is 24.3 Å². The van der Waals surface area contributed by atoms with E-state index in [0.717, 1.165) is 17.7 Å². The monoisotopic (exact) mass is 430 g/mol. The Hall–Kier alpha value is -3.26. The maximum absolute atomic E-state index is 13.3. The van der Waals surface area contributed by atoms with Crippen molar-refractivity contribution in [2.75, 3.05) is 11.3 Å². The van der Waals surface area contributed by atoms with Crippen LogP contribution in [0.2, 0.25) is 0 Å². The normalized spacial score (nSPS) is 11.2. The lowest BCUT2D eigenvalue weighted by atomic mass is 10.1. The minimum atomic E-state index is -4.10. The summed E-state index contributed by atoms with van der Waals surface area (Å²) in [6, 6.07) is 17.8. The second-order valence-electron chi connectivity index (χ2n) is 6.56. The van der Waals surface area contributed by atoms with Crippen LogP contribution in [0.5, 0.6) is 0 Å². The Morgan fingerprint density at radius 1 is 0.933 bits per heavy atom. The highest BCUT2D eigenvalue weighted by Gasteiger charge is 2.18. The second kappa shape index (κ2) is 9.04. The molecule has 156 valence electrons. The number of nitrogens with one attached hydrogen (secondary N) is 1. The average Bonchev–Trinajstić information content (AvgIpc) is 2.74. The molecule has 30 heavy (non-hydrogen) atoms. The summed E-state index contributed by atoms with van der Waals surface area (Å²) >= 11 is 0. The van der Waals surface area contributed by atoms with Gasteiger partial charge in [-0.2, -0.15) is 0 Å². The highest BCUT2D eigenvalue weighted by atomic mass is 32.2. The van der Waals surface area contributed by atoms with Crippen LogP contribution in [0.25, 0.3) is 0 Å². The van der Waals surface area contributed by atoms with Gasteiger partial charge in [0.2, 0.25) is 0 Å². The van der Waals surface area contributed by atoms with Crippen molar-refractivity contribution in [1.29, 1.82) is 0 Å². The molecule has 5 nitrogen and oxygen atoms in total. The van der Waals surface area contributed by atoms with Crippen LogP contribution < -0.4 is 4.72 Å². The number of rotatable bonds is 7. The summed E-state index contributed by atoms with van der Waals surface area (Å²) < 4.78 is 53.4. The Kier molecular flexibility index (Phi) is 6.47. The number of hydrogen-bond donors (Lipinski definition) is 1. The van der Waals surface area contributed by atoms with E-state index in [2.05, 4.69) is 4.72 Å². The van der Waals surface area contributed by atoms with Crippen molar-refractivity contribution in [3.8, 4) is 0 Å². The molecule has 1 N–H and O–H groups in total. The van der Waals surface area contributed by atoms with E-state index in [9.17, 15) is 22.0 Å². The van der Waals surface area contributed by atoms with Gasteiger partial charge in [0.05, 0.1) is 4.90 Å². The molecular formula is C22H20F2N2O3S. The number of nitrogens with zero attached hydrogens (tertiary/aromatic N) is 1. The van der Waals surface area contributed by atoms with Crippen molar-refractivity contribution in [3.05, 3.63) is 95.6 Å². The third-order valence-corrected chi connectivity index (χ3v) is 5.85. The standard InChI is InChI=1S/C22H20F2N2O3S/c1-2-26(15-16-6-4-3-5-7-16)22(27)17-8-10-18(11-9-17)25-30(28,29)19-12-13-20(23)21(24)14-19/h3-14,25H,2,15H2,1H3. The molecule has 0 heterocycles. The summed E-state index contributed by atoms with van der Waals surface area (Å²) in [7, 11) is -4.10. The van der Waals surface area contributed by atoms with Crippen LogP contribution in [0.15, 0.2) is 77.7 Å². The van der Waals surface area contributed by atoms with Crippen LogP contribution >= 0.6 is 0 Å². The van der Waals surface area contributed by atoms with Crippen LogP contribution in [-0.4, -0.2) is 25.8 Å². The third kappa shape index (κ3) is 5.01. The van der Waals surface area contributed by atoms with Crippen LogP contribution in [0.1, 0.15) is 22.8 Å². The van der Waals surface area contributed by atoms with E-state index < -0.39 is 26.6 Å². The Labute approximate surface area is 174 Å². The number of carbonyl (C=O) groups excluding carboxylic acids is 1. The summed E-state index contributed by atoms with van der Waals surface area (Å²) in [4.78, 5) is 14.1. The van der Waals surface area contributed by atoms with Crippen molar-refractivity contribution in [3.63, 3.8) is 0 Å². The fourth-order valence-electron chi connectivity index (χ4n) is 2.85. The smallest absolute Gasteiger partial charge is 0.261 e. The van der Waals surface area contributed by atoms with Crippen LogP contribution in [0.4, 0.5) is 14.5 Å². The maximum atomic E-state index is 13.3. The highest BCUT2D eigenvalue weighted by Crippen LogP contribution is 2.19. The van der Waals surface area contributed by atoms with Crippen molar-refractivity contribution >= 4 is 21.6 Å². The zero-order valence-electron chi connectivity index (χ0n) is 16.2. The molecule has 0 spiro atoms. The van der Waals surface area contributed by atoms with E-state index >= 15 is 0 Å². The molecule has 3 rings (SSSR count). The fraction of sp³-hybridized carbons (Fsp3) is 0.136. The zero-order valence-corrected chi connectivity index (χ0v) is 17.0. The second-order valence-corrected chi connectivity index (χ2v) is 8.25. The van der Waals surface area contributed by atoms with Gasteiger partial charge in [-0.1, -0.05) is 30.3 Å². The number of anilines is 1. The van der Waals surface area contributed by atoms with E-state index in [1.807, 2.05) is 37.3 Å². The molecule has 1 amide bonds. The molecule has 3 aromatic rings. The predicted molar refractivity (Wildman–Crippen MR) is 110 cm³/mol. The molecule has 0 unspecified atom stereocenters. The number of benzene rings is 3. The van der Waals surface area contributed by atoms with E-state index in [1.54, 1.807) is 4.90 Å². The minimum Gasteiger partial charge on any atom is -0.335 e. The summed E-state index contributed by atoms with van der Waals surface area (Å²) in [5, 5.41) is 0. The molecular weight excluding hydrogens is 410 g/mol. The Morgan fingerprint density at radius 3 is 2.20 bits per heavy atom. The zero-order chi connectivity index (χ0) is 21.7. The minimum absolute atomic E-state index is 0.184. The first kappa shape index (κ1) is 21.4. The molecule has 3 aromatic carbocycles. The summed E-state index contributed by atoms with van der Waals surface area (Å²) in [5.74, 6) is -2.57. The summed E-state index contributed by atoms with van der Waals surface area (Å²) in [6.45, 7) is 2.85. The lowest BCUT2D eigenvalue weighted by Crippen LogP contribution is -2.30. The molecule has 0 saturated carbocycles. The first-order chi connectivity index (χ1) is 14.3. The van der Waals surface area contributed by atoms with Gasteiger partial charge in [0.1, 0.15) is 0 Å². The molecule has 8 heteroatoms. The van der Waals surface area contributed by atoms with E-state index in [1.165, 1.54) is 24.3 Å². The van der Waals surface area contributed by atoms with Crippen molar-refractivity contribution in [1.82, 2.24) is 4.90 Å². The number of sulfonamides is 1. The molecule has 0 bridgehead atoms. The number of amides is 1. The van der Waals surface area contributed by atoms with Crippen LogP contribution in [0, 0.1) is 11.6 Å². The quantitative estimate of drug-likeness (QED) is 0.603. The Balaban J connectivity index is 1.73. The molecule has 0 aliphatic carbocycles. The lowest BCUT2D eigenvalue weighted by molar-refractivity contribution is 0.0752. The van der Waals surface area contributed by atoms with E-state index in [-0.39, 0.29) is 11.6 Å². The van der Waals surface area contributed by atoms with Gasteiger partial charge in [-0.3, -0.25) is 9.52 Å². The van der Waals surface area contributed by atoms with Crippen LogP contribution in [0.3, 0.4) is 0 Å². The largest absolute Gasteiger partial charge is 0.335 e. The van der Waals surface area contributed by atoms with Gasteiger partial charge in [-0.15, -0.1) is 0 Å². The summed E-state index contributed by atoms with van der Waals surface area (Å²) in [6.07, 6.45) is 0. The average molecular weight is 430 g/mol. The molecule has 0 fully saturated rings. The third-order valence-electron chi connectivity index (χ3n) is 4.47. The predicted octanol–water partition coefficient (Wildman–Crippen LogP) is 4.43. The topological polar surface area (TPSA) is 66.5 Å². The van der Waals surface area contributed by atoms with Gasteiger partial charge < -0.3 is 4.90 Å². The van der Waals surface area contributed by atoms with Crippen LogP contribution in [-0.2, 0) is 16.6 Å². The van der Waals surface area contributed by atoms with E-state index in [4.69, 9.17) is 0 Å². The molecule has 0 radical (unpaired) electrons. The van der Waals surface area contributed by atoms with Gasteiger partial charge >= 0.3 is 0 Å². The first-order valence-corrected chi connectivity index (χ1v) is 10.7. The maximum Gasteiger partial charge on any atom is 0.261 e. The van der Waals surface area contributed by atoms with Crippen molar-refractivity contribution in [2.45, 2.75) is 18.4 Å². The van der Waals surface area contributed by atoms with Crippen molar-refractivity contribution in [2.24, 2.45) is 0 Å². The summed E-state index contributed by atoms with van der Waals surface area (Å²) in [5.41, 5.74) is 1.61. The van der Waals surface area contributed by atoms with Gasteiger partial charge in [0.15, 0.2) is 11.6 Å². The van der Waals surface area contributed by atoms with Gasteiger partial charge in [0.25, 0.3) is 15.9 Å². The molecule has 0 saturated heterocycles. The van der Waals surface area contributed by atoms with E-state index in [0.29, 0.717) is 24.7 Å². The Morgan fingerprint density at radius 2 is 1.60 bits per heavy atom. The molecule has 0 aliphatic heterocycles. The first-order valence-electron chi connectivity index (χ1n) is 9.21. The molecule has 0 aliphatic rings. The molecule has 0 aromatic heterocycles. The fourth-order valence-corrected chi connectivity index (χ4v) is 3.92. The van der Waals surface area contributed by atoms with Crippen molar-refractivity contribution < 1.29 is 22.0 Å². The number of halogens is 2. The van der Waals surface area contributed by atoms with Gasteiger partial charge in [-0.25, -0.2) is 17.2 Å². The molecule has 0 atom stereocenters.